The Morgan fingerprint density at radius 3 is 2.83 bits per heavy atom. The first-order valence-electron chi connectivity index (χ1n) is 6.63. The van der Waals surface area contributed by atoms with Crippen LogP contribution in [0.25, 0.3) is 0 Å². The van der Waals surface area contributed by atoms with Gasteiger partial charge in [-0.2, -0.15) is 18.4 Å². The van der Waals surface area contributed by atoms with E-state index < -0.39 is 12.8 Å². The Kier molecular flexibility index (Phi) is 5.01. The average molecular weight is 322 g/mol. The van der Waals surface area contributed by atoms with Crippen molar-refractivity contribution in [1.82, 2.24) is 9.97 Å². The Balaban J connectivity index is 2.09. The molecular formula is C15H13F3N4O. The second kappa shape index (κ2) is 6.96. The van der Waals surface area contributed by atoms with E-state index in [2.05, 4.69) is 15.3 Å². The quantitative estimate of drug-likeness (QED) is 0.915. The molecular weight excluding hydrogens is 309 g/mol. The van der Waals surface area contributed by atoms with Gasteiger partial charge in [0.25, 0.3) is 0 Å². The summed E-state index contributed by atoms with van der Waals surface area (Å²) in [6.07, 6.45) is -3.07. The summed E-state index contributed by atoms with van der Waals surface area (Å²) in [5.41, 5.74) is 1.56. The second-order valence-corrected chi connectivity index (χ2v) is 4.72. The second-order valence-electron chi connectivity index (χ2n) is 4.72. The first-order valence-corrected chi connectivity index (χ1v) is 6.63. The van der Waals surface area contributed by atoms with Crippen molar-refractivity contribution < 1.29 is 17.9 Å². The summed E-state index contributed by atoms with van der Waals surface area (Å²) in [6.45, 7) is 0.509. The van der Waals surface area contributed by atoms with Crippen LogP contribution in [0, 0.1) is 18.3 Å². The third kappa shape index (κ3) is 5.14. The summed E-state index contributed by atoms with van der Waals surface area (Å²) in [6, 6.07) is 8.40. The lowest BCUT2D eigenvalue weighted by atomic mass is 10.2. The largest absolute Gasteiger partial charge is 0.468 e. The van der Waals surface area contributed by atoms with Crippen LogP contribution in [0.5, 0.6) is 5.88 Å². The van der Waals surface area contributed by atoms with Gasteiger partial charge in [-0.1, -0.05) is 6.07 Å². The lowest BCUT2D eigenvalue weighted by Crippen LogP contribution is -2.20. The van der Waals surface area contributed by atoms with E-state index in [1.807, 2.05) is 6.07 Å². The first kappa shape index (κ1) is 16.5. The number of anilines is 1. The summed E-state index contributed by atoms with van der Waals surface area (Å²) >= 11 is 0. The molecule has 2 aromatic rings. The molecule has 2 aromatic heterocycles. The van der Waals surface area contributed by atoms with E-state index in [-0.39, 0.29) is 12.4 Å². The predicted octanol–water partition coefficient (Wildman–Crippen LogP) is 3.21. The highest BCUT2D eigenvalue weighted by Gasteiger charge is 2.29. The summed E-state index contributed by atoms with van der Waals surface area (Å²) in [5.74, 6) is 0.359. The lowest BCUT2D eigenvalue weighted by molar-refractivity contribution is -0.154. The van der Waals surface area contributed by atoms with Crippen molar-refractivity contribution >= 4 is 5.82 Å². The smallest absolute Gasteiger partial charge is 0.422 e. The Morgan fingerprint density at radius 2 is 2.13 bits per heavy atom. The van der Waals surface area contributed by atoms with Crippen molar-refractivity contribution in [2.75, 3.05) is 11.9 Å². The van der Waals surface area contributed by atoms with Crippen LogP contribution in [0.3, 0.4) is 0 Å². The van der Waals surface area contributed by atoms with Crippen molar-refractivity contribution in [2.45, 2.75) is 19.6 Å². The van der Waals surface area contributed by atoms with Gasteiger partial charge in [-0.3, -0.25) is 0 Å². The van der Waals surface area contributed by atoms with Crippen LogP contribution in [-0.2, 0) is 6.54 Å². The van der Waals surface area contributed by atoms with E-state index >= 15 is 0 Å². The van der Waals surface area contributed by atoms with Crippen molar-refractivity contribution in [3.05, 3.63) is 47.3 Å². The molecule has 1 N–H and O–H groups in total. The zero-order valence-electron chi connectivity index (χ0n) is 12.2. The number of aromatic nitrogens is 2. The van der Waals surface area contributed by atoms with Gasteiger partial charge in [-0.25, -0.2) is 9.97 Å². The average Bonchev–Trinajstić information content (AvgIpc) is 2.50. The molecule has 0 aliphatic heterocycles. The minimum atomic E-state index is -4.43. The van der Waals surface area contributed by atoms with Gasteiger partial charge in [0, 0.05) is 24.0 Å². The molecule has 2 heterocycles. The molecule has 23 heavy (non-hydrogen) atoms. The van der Waals surface area contributed by atoms with Gasteiger partial charge in [0.15, 0.2) is 6.61 Å². The van der Waals surface area contributed by atoms with E-state index in [9.17, 15) is 13.2 Å². The number of hydrogen-bond acceptors (Lipinski definition) is 5. The minimum absolute atomic E-state index is 0.0921. The summed E-state index contributed by atoms with van der Waals surface area (Å²) < 4.78 is 41.4. The molecule has 0 aliphatic rings. The van der Waals surface area contributed by atoms with Crippen LogP contribution in [-0.4, -0.2) is 22.8 Å². The molecule has 8 heteroatoms. The molecule has 120 valence electrons. The van der Waals surface area contributed by atoms with E-state index in [4.69, 9.17) is 10.00 Å². The maximum Gasteiger partial charge on any atom is 0.422 e. The molecule has 0 aliphatic carbocycles. The topological polar surface area (TPSA) is 70.8 Å². The number of alkyl halides is 3. The van der Waals surface area contributed by atoms with Gasteiger partial charge in [-0.15, -0.1) is 0 Å². The summed E-state index contributed by atoms with van der Waals surface area (Å²) in [7, 11) is 0. The number of halogens is 3. The number of ether oxygens (including phenoxy) is 1. The molecule has 0 fully saturated rings. The lowest BCUT2D eigenvalue weighted by Gasteiger charge is -2.13. The van der Waals surface area contributed by atoms with Crippen LogP contribution in [0.2, 0.25) is 0 Å². The molecule has 0 amide bonds. The van der Waals surface area contributed by atoms with Crippen molar-refractivity contribution in [2.24, 2.45) is 0 Å². The Labute approximate surface area is 130 Å². The molecule has 0 saturated heterocycles. The van der Waals surface area contributed by atoms with Gasteiger partial charge in [-0.05, 0) is 25.1 Å². The molecule has 0 spiro atoms. The van der Waals surface area contributed by atoms with Gasteiger partial charge < -0.3 is 10.1 Å². The normalized spacial score (nSPS) is 10.9. The molecule has 0 bridgehead atoms. The van der Waals surface area contributed by atoms with Crippen LogP contribution < -0.4 is 10.1 Å². The molecule has 0 atom stereocenters. The van der Waals surface area contributed by atoms with Crippen molar-refractivity contribution in [1.29, 1.82) is 5.26 Å². The van der Waals surface area contributed by atoms with E-state index in [0.29, 0.717) is 22.6 Å². The number of rotatable bonds is 5. The Hall–Kier alpha value is -2.82. The van der Waals surface area contributed by atoms with Gasteiger partial charge >= 0.3 is 6.18 Å². The van der Waals surface area contributed by atoms with E-state index in [0.717, 1.165) is 0 Å². The fraction of sp³-hybridized carbons (Fsp3) is 0.267. The van der Waals surface area contributed by atoms with Crippen LogP contribution in [0.15, 0.2) is 30.5 Å². The third-order valence-electron chi connectivity index (χ3n) is 2.76. The Bertz CT molecular complexity index is 725. The number of nitrogens with one attached hydrogen (secondary N) is 1. The van der Waals surface area contributed by atoms with Crippen LogP contribution >= 0.6 is 0 Å². The maximum atomic E-state index is 12.2. The molecule has 0 unspecified atom stereocenters. The van der Waals surface area contributed by atoms with Crippen molar-refractivity contribution in [3.63, 3.8) is 0 Å². The standard InChI is InChI=1S/C15H13F3N4O/c1-10-5-11(7-19)6-13(22-10)21-8-12-3-2-4-20-14(12)23-9-15(16,17)18/h2-6H,8-9H2,1H3,(H,21,22). The number of aryl methyl sites for hydroxylation is 1. The fourth-order valence-electron chi connectivity index (χ4n) is 1.85. The van der Waals surface area contributed by atoms with Crippen LogP contribution in [0.4, 0.5) is 19.0 Å². The summed E-state index contributed by atoms with van der Waals surface area (Å²) in [4.78, 5) is 8.02. The SMILES string of the molecule is Cc1cc(C#N)cc(NCc2cccnc2OCC(F)(F)F)n1. The van der Waals surface area contributed by atoms with Crippen LogP contribution in [0.1, 0.15) is 16.8 Å². The fourth-order valence-corrected chi connectivity index (χ4v) is 1.85. The minimum Gasteiger partial charge on any atom is -0.468 e. The number of hydrogen-bond donors (Lipinski definition) is 1. The highest BCUT2D eigenvalue weighted by Crippen LogP contribution is 2.21. The molecule has 5 nitrogen and oxygen atoms in total. The zero-order chi connectivity index (χ0) is 16.9. The summed E-state index contributed by atoms with van der Waals surface area (Å²) in [5, 5.41) is 11.9. The van der Waals surface area contributed by atoms with E-state index in [1.165, 1.54) is 6.20 Å². The molecule has 0 saturated carbocycles. The van der Waals surface area contributed by atoms with Gasteiger partial charge in [0.05, 0.1) is 11.6 Å². The molecule has 2 rings (SSSR count). The van der Waals surface area contributed by atoms with Gasteiger partial charge in [0.2, 0.25) is 5.88 Å². The highest BCUT2D eigenvalue weighted by atomic mass is 19.4. The number of pyridine rings is 2. The predicted molar refractivity (Wildman–Crippen MR) is 76.8 cm³/mol. The molecule has 0 aromatic carbocycles. The maximum absolute atomic E-state index is 12.2. The van der Waals surface area contributed by atoms with Gasteiger partial charge in [0.1, 0.15) is 5.82 Å². The monoisotopic (exact) mass is 322 g/mol. The third-order valence-corrected chi connectivity index (χ3v) is 2.76. The molecule has 0 radical (unpaired) electrons. The zero-order valence-corrected chi connectivity index (χ0v) is 12.2. The highest BCUT2D eigenvalue weighted by molar-refractivity contribution is 5.45. The van der Waals surface area contributed by atoms with E-state index in [1.54, 1.807) is 31.2 Å². The van der Waals surface area contributed by atoms with Crippen molar-refractivity contribution in [3.8, 4) is 11.9 Å². The first-order chi connectivity index (χ1) is 10.9. The Morgan fingerprint density at radius 1 is 1.35 bits per heavy atom. The number of nitrogens with zero attached hydrogens (tertiary/aromatic N) is 3. The number of nitriles is 1.